The summed E-state index contributed by atoms with van der Waals surface area (Å²) in [6, 6.07) is 0. The lowest BCUT2D eigenvalue weighted by Gasteiger charge is -1.65. The Balaban J connectivity index is 3.79. The topological polar surface area (TPSA) is 26.0 Å². The van der Waals surface area contributed by atoms with Crippen LogP contribution in [-0.4, -0.2) is 4.99 Å². The van der Waals surface area contributed by atoms with Gasteiger partial charge in [-0.2, -0.15) is 0 Å². The maximum Gasteiger partial charge on any atom is 0.0695 e. The minimum absolute atomic E-state index is 0.424. The Bertz CT molecular complexity index is 85.4. The van der Waals surface area contributed by atoms with Crippen molar-refractivity contribution in [2.75, 3.05) is 0 Å². The number of hydrogen-bond donors (Lipinski definition) is 1. The molecule has 0 aromatic heterocycles. The van der Waals surface area contributed by atoms with Crippen molar-refractivity contribution in [1.29, 1.82) is 0 Å². The summed E-state index contributed by atoms with van der Waals surface area (Å²) in [6.07, 6.45) is 0. The predicted molar refractivity (Wildman–Crippen MR) is 22.5 cm³/mol. The first-order chi connectivity index (χ1) is 2.94. The molecule has 0 fully saturated rings. The molecule has 0 aliphatic heterocycles. The standard InChI is InChI=1S/C2H5NS/c1-2(3)4/h1H3,(H2,3,4)/i1+1D3,2+1. The molecule has 0 spiro atoms. The molecule has 0 aromatic rings. The molecule has 0 saturated carbocycles. The fraction of sp³-hybridized carbons (Fsp3) is 0.500. The van der Waals surface area contributed by atoms with E-state index in [1.54, 1.807) is 0 Å². The lowest BCUT2D eigenvalue weighted by atomic mass is 11.7. The van der Waals surface area contributed by atoms with Crippen LogP contribution >= 0.6 is 12.2 Å². The van der Waals surface area contributed by atoms with Crippen molar-refractivity contribution >= 4 is 17.2 Å². The highest BCUT2D eigenvalue weighted by Gasteiger charge is 1.54. The van der Waals surface area contributed by atoms with Gasteiger partial charge in [0.1, 0.15) is 0 Å². The minimum Gasteiger partial charge on any atom is -0.394 e. The summed E-state index contributed by atoms with van der Waals surface area (Å²) in [5, 5.41) is 0. The number of thiocarbonyl (C=S) groups is 1. The van der Waals surface area contributed by atoms with Crippen LogP contribution in [0.1, 0.15) is 11.0 Å². The molecule has 0 radical (unpaired) electrons. The summed E-state index contributed by atoms with van der Waals surface area (Å²) in [7, 11) is 0. The van der Waals surface area contributed by atoms with Gasteiger partial charge in [-0.25, -0.2) is 0 Å². The second-order valence-corrected chi connectivity index (χ2v) is 0.804. The van der Waals surface area contributed by atoms with Gasteiger partial charge in [-0.05, 0) is 6.85 Å². The second-order valence-electron chi connectivity index (χ2n) is 0.364. The van der Waals surface area contributed by atoms with Crippen LogP contribution in [0, 0.1) is 0 Å². The highest BCUT2D eigenvalue weighted by atomic mass is 32.1. The van der Waals surface area contributed by atoms with Gasteiger partial charge < -0.3 is 5.73 Å². The van der Waals surface area contributed by atoms with E-state index in [1.807, 2.05) is 0 Å². The molecule has 0 unspecified atom stereocenters. The van der Waals surface area contributed by atoms with Crippen LogP contribution in [0.5, 0.6) is 0 Å². The molecular formula is C2H5NS. The van der Waals surface area contributed by atoms with Gasteiger partial charge in [0.15, 0.2) is 0 Å². The van der Waals surface area contributed by atoms with Crippen LogP contribution in [0.2, 0.25) is 0 Å². The van der Waals surface area contributed by atoms with Crippen LogP contribution in [0.25, 0.3) is 0 Å². The van der Waals surface area contributed by atoms with Gasteiger partial charge in [0.2, 0.25) is 0 Å². The molecule has 0 heterocycles. The van der Waals surface area contributed by atoms with Gasteiger partial charge in [-0.1, -0.05) is 12.2 Å². The van der Waals surface area contributed by atoms with Crippen LogP contribution in [-0.2, 0) is 0 Å². The fourth-order valence-corrected chi connectivity index (χ4v) is 0. The molecule has 4 heavy (non-hydrogen) atoms. The van der Waals surface area contributed by atoms with Gasteiger partial charge >= 0.3 is 0 Å². The van der Waals surface area contributed by atoms with E-state index in [0.717, 1.165) is 0 Å². The van der Waals surface area contributed by atoms with Crippen molar-refractivity contribution in [3.05, 3.63) is 0 Å². The van der Waals surface area contributed by atoms with Crippen LogP contribution in [0.15, 0.2) is 0 Å². The van der Waals surface area contributed by atoms with E-state index in [0.29, 0.717) is 0 Å². The first kappa shape index (κ1) is 0.937. The Labute approximate surface area is 35.0 Å². The van der Waals surface area contributed by atoms with Gasteiger partial charge in [0.25, 0.3) is 0 Å². The van der Waals surface area contributed by atoms with Crippen molar-refractivity contribution < 1.29 is 4.11 Å². The van der Waals surface area contributed by atoms with Gasteiger partial charge in [-0.15, -0.1) is 0 Å². The van der Waals surface area contributed by atoms with Crippen LogP contribution in [0.3, 0.4) is 0 Å². The molecule has 2 heteroatoms. The summed E-state index contributed by atoms with van der Waals surface area (Å²) in [5.74, 6) is 0. The zero-order chi connectivity index (χ0) is 6.08. The van der Waals surface area contributed by atoms with E-state index in [1.165, 1.54) is 0 Å². The summed E-state index contributed by atoms with van der Waals surface area (Å²) in [6.45, 7) is -2.24. The molecule has 24 valence electrons. The van der Waals surface area contributed by atoms with Gasteiger partial charge in [-0.3, -0.25) is 0 Å². The Hall–Kier alpha value is -0.110. The zero-order valence-electron chi connectivity index (χ0n) is 4.99. The van der Waals surface area contributed by atoms with E-state index in [4.69, 9.17) is 9.85 Å². The third kappa shape index (κ3) is 124. The zero-order valence-corrected chi connectivity index (χ0v) is 2.80. The third-order valence-corrected chi connectivity index (χ3v) is 0. The lowest BCUT2D eigenvalue weighted by molar-refractivity contribution is 1.73. The Morgan fingerprint density at radius 1 is 2.50 bits per heavy atom. The molecule has 0 aliphatic carbocycles. The smallest absolute Gasteiger partial charge is 0.0695 e. The van der Waals surface area contributed by atoms with E-state index in [9.17, 15) is 0 Å². The van der Waals surface area contributed by atoms with Gasteiger partial charge in [0, 0.05) is 4.11 Å². The molecule has 0 bridgehead atoms. The number of hydrogen-bond acceptors (Lipinski definition) is 1. The molecule has 1 nitrogen and oxygen atoms in total. The van der Waals surface area contributed by atoms with E-state index < -0.39 is 11.8 Å². The normalized spacial score (nSPS) is 20.5. The average molecular weight is 80.1 g/mol. The first-order valence-electron chi connectivity index (χ1n) is 2.24. The van der Waals surface area contributed by atoms with Crippen molar-refractivity contribution in [2.45, 2.75) is 6.85 Å². The quantitative estimate of drug-likeness (QED) is 0.334. The average Bonchev–Trinajstić information content (AvgIpc) is 1.31. The highest BCUT2D eigenvalue weighted by Crippen LogP contribution is 1.48. The molecular weight excluding hydrogens is 72.1 g/mol. The van der Waals surface area contributed by atoms with Gasteiger partial charge in [0.05, 0.1) is 4.99 Å². The molecule has 0 rings (SSSR count). The molecule has 0 atom stereocenters. The summed E-state index contributed by atoms with van der Waals surface area (Å²) in [4.78, 5) is -0.424. The largest absolute Gasteiger partial charge is 0.394 e. The van der Waals surface area contributed by atoms with Crippen LogP contribution in [0.4, 0.5) is 0 Å². The van der Waals surface area contributed by atoms with Crippen molar-refractivity contribution in [3.63, 3.8) is 0 Å². The summed E-state index contributed by atoms with van der Waals surface area (Å²) in [5.41, 5.74) is 4.74. The maximum absolute atomic E-state index is 6.45. The fourth-order valence-electron chi connectivity index (χ4n) is 0. The summed E-state index contributed by atoms with van der Waals surface area (Å²) >= 11 is 4.15. The molecule has 0 aliphatic rings. The maximum atomic E-state index is 6.45. The monoisotopic (exact) mass is 80.0 g/mol. The Morgan fingerprint density at radius 2 is 2.75 bits per heavy atom. The SMILES string of the molecule is [2H][13C]([2H])([2H])[13C](N)=S. The van der Waals surface area contributed by atoms with Crippen molar-refractivity contribution in [1.82, 2.24) is 0 Å². The molecule has 0 saturated heterocycles. The Kier molecular flexibility index (Phi) is 0.289. The third-order valence-electron chi connectivity index (χ3n) is 0. The molecule has 2 N–H and O–H groups in total. The first-order valence-corrected chi connectivity index (χ1v) is 1.15. The van der Waals surface area contributed by atoms with E-state index in [2.05, 4.69) is 12.2 Å². The minimum atomic E-state index is -2.24. The second kappa shape index (κ2) is 1.24. The van der Waals surface area contributed by atoms with E-state index >= 15 is 0 Å². The van der Waals surface area contributed by atoms with Crippen molar-refractivity contribution in [3.8, 4) is 0 Å². The van der Waals surface area contributed by atoms with E-state index in [-0.39, 0.29) is 0 Å². The van der Waals surface area contributed by atoms with Crippen molar-refractivity contribution in [2.24, 2.45) is 5.73 Å². The molecule has 0 aromatic carbocycles. The number of nitrogens with two attached hydrogens (primary N) is 1. The highest BCUT2D eigenvalue weighted by molar-refractivity contribution is 7.80. The number of rotatable bonds is 0. The molecule has 0 amide bonds. The van der Waals surface area contributed by atoms with Crippen LogP contribution < -0.4 is 5.73 Å². The Morgan fingerprint density at radius 3 is 2.75 bits per heavy atom. The summed E-state index contributed by atoms with van der Waals surface area (Å²) < 4.78 is 19.4. The predicted octanol–water partition coefficient (Wildman–Crippen LogP) is 0.292. The lowest BCUT2D eigenvalue weighted by Crippen LogP contribution is -1.98.